The lowest BCUT2D eigenvalue weighted by Crippen LogP contribution is -2.57. The highest BCUT2D eigenvalue weighted by molar-refractivity contribution is 9.10. The van der Waals surface area contributed by atoms with Crippen LogP contribution < -0.4 is 0 Å². The first-order chi connectivity index (χ1) is 20.5. The molecule has 1 amide bonds. The highest BCUT2D eigenvalue weighted by Crippen LogP contribution is 2.35. The molecular formula is C29H37BrFN5O7. The first-order valence-corrected chi connectivity index (χ1v) is 15.0. The molecule has 0 bridgehead atoms. The largest absolute Gasteiger partial charge is 0.444 e. The Kier molecular flexibility index (Phi) is 9.52. The number of hydrogen-bond acceptors (Lipinski definition) is 10. The van der Waals surface area contributed by atoms with Gasteiger partial charge in [0.05, 0.1) is 29.1 Å². The monoisotopic (exact) mass is 665 g/mol. The van der Waals surface area contributed by atoms with Crippen LogP contribution in [-0.2, 0) is 20.6 Å². The van der Waals surface area contributed by atoms with Gasteiger partial charge in [-0.3, -0.25) is 0 Å². The average Bonchev–Trinajstić information content (AvgIpc) is 3.64. The standard InChI is InChI=1S/C29H37BrFN5O7/c1-29(2,3)42-28(39)35-9-7-16(8-10-35)22-12-18(33-43-22)13-23-27(40-4)25(26(38)24(15-37)41-23)36-14-21(32-34-36)17-5-6-19(30)20(31)11-17/h5-6,11-12,14,16,23-27,37-38H,7-10,13,15H2,1-4H3/t23-,24-,25+,26+,27+/m1/s1. The Morgan fingerprint density at radius 1 is 1.21 bits per heavy atom. The molecule has 4 heterocycles. The molecule has 2 saturated heterocycles. The van der Waals surface area contributed by atoms with Gasteiger partial charge < -0.3 is 33.8 Å². The van der Waals surface area contributed by atoms with Crippen LogP contribution in [0, 0.1) is 5.82 Å². The SMILES string of the molecule is CO[C@@H]1[C@@H](n2cc(-c3ccc(Br)c(F)c3)nn2)[C@@H](O)[C@@H](CO)O[C@@H]1Cc1cc(C2CCN(C(=O)OC(C)(C)C)CC2)on1. The quantitative estimate of drug-likeness (QED) is 0.381. The zero-order valence-corrected chi connectivity index (χ0v) is 26.1. The number of nitrogens with zero attached hydrogens (tertiary/aromatic N) is 5. The Labute approximate surface area is 257 Å². The van der Waals surface area contributed by atoms with Gasteiger partial charge in [-0.1, -0.05) is 16.4 Å². The van der Waals surface area contributed by atoms with Crippen LogP contribution in [0.1, 0.15) is 57.0 Å². The van der Waals surface area contributed by atoms with Crippen molar-refractivity contribution in [3.8, 4) is 11.3 Å². The molecule has 234 valence electrons. The lowest BCUT2D eigenvalue weighted by atomic mass is 9.90. The van der Waals surface area contributed by atoms with Crippen LogP contribution >= 0.6 is 15.9 Å². The summed E-state index contributed by atoms with van der Waals surface area (Å²) in [4.78, 5) is 14.1. The van der Waals surface area contributed by atoms with Gasteiger partial charge in [-0.2, -0.15) is 0 Å². The maximum Gasteiger partial charge on any atom is 0.410 e. The molecule has 14 heteroatoms. The molecule has 2 N–H and O–H groups in total. The van der Waals surface area contributed by atoms with Crippen LogP contribution in [0.15, 0.2) is 39.5 Å². The first-order valence-electron chi connectivity index (χ1n) is 14.2. The Bertz CT molecular complexity index is 1400. The highest BCUT2D eigenvalue weighted by atomic mass is 79.9. The van der Waals surface area contributed by atoms with Crippen molar-refractivity contribution in [2.45, 2.75) is 82.0 Å². The molecule has 2 aliphatic heterocycles. The summed E-state index contributed by atoms with van der Waals surface area (Å²) in [7, 11) is 1.51. The van der Waals surface area contributed by atoms with Gasteiger partial charge in [-0.15, -0.1) is 5.10 Å². The van der Waals surface area contributed by atoms with E-state index in [0.717, 1.165) is 5.76 Å². The molecule has 0 spiro atoms. The number of aromatic nitrogens is 4. The number of methoxy groups -OCH3 is 1. The van der Waals surface area contributed by atoms with E-state index in [1.165, 1.54) is 17.9 Å². The number of benzene rings is 1. The summed E-state index contributed by atoms with van der Waals surface area (Å²) < 4.78 is 39.0. The van der Waals surface area contributed by atoms with E-state index in [4.69, 9.17) is 18.7 Å². The smallest absolute Gasteiger partial charge is 0.410 e. The average molecular weight is 667 g/mol. The van der Waals surface area contributed by atoms with Crippen LogP contribution in [-0.4, -0.2) is 98.2 Å². The van der Waals surface area contributed by atoms with E-state index in [1.807, 2.05) is 26.8 Å². The van der Waals surface area contributed by atoms with Gasteiger partial charge in [-0.05, 0) is 61.7 Å². The third-order valence-corrected chi connectivity index (χ3v) is 8.45. The number of hydrogen-bond donors (Lipinski definition) is 2. The normalized spacial score (nSPS) is 25.2. The number of aliphatic hydroxyl groups excluding tert-OH is 2. The molecule has 1 aromatic carbocycles. The molecule has 0 unspecified atom stereocenters. The second-order valence-electron chi connectivity index (χ2n) is 12.0. The van der Waals surface area contributed by atoms with E-state index in [-0.39, 0.29) is 18.4 Å². The molecule has 2 fully saturated rings. The second-order valence-corrected chi connectivity index (χ2v) is 12.8. The number of ether oxygens (including phenoxy) is 3. The number of amides is 1. The minimum absolute atomic E-state index is 0.0993. The zero-order valence-electron chi connectivity index (χ0n) is 24.5. The Morgan fingerprint density at radius 3 is 2.60 bits per heavy atom. The van der Waals surface area contributed by atoms with E-state index in [0.29, 0.717) is 47.4 Å². The second kappa shape index (κ2) is 13.0. The highest BCUT2D eigenvalue weighted by Gasteiger charge is 2.47. The van der Waals surface area contributed by atoms with Crippen molar-refractivity contribution in [1.82, 2.24) is 25.1 Å². The molecule has 0 radical (unpaired) electrons. The summed E-state index contributed by atoms with van der Waals surface area (Å²) in [5.41, 5.74) is 1.02. The summed E-state index contributed by atoms with van der Waals surface area (Å²) >= 11 is 3.15. The number of likely N-dealkylation sites (tertiary alicyclic amines) is 1. The summed E-state index contributed by atoms with van der Waals surface area (Å²) in [6.45, 7) is 6.22. The van der Waals surface area contributed by atoms with E-state index in [2.05, 4.69) is 31.4 Å². The Hall–Kier alpha value is -2.91. The molecule has 0 aliphatic carbocycles. The molecular weight excluding hydrogens is 629 g/mol. The third kappa shape index (κ3) is 7.09. The van der Waals surface area contributed by atoms with Gasteiger partial charge in [-0.25, -0.2) is 13.9 Å². The summed E-state index contributed by atoms with van der Waals surface area (Å²) in [5, 5.41) is 33.8. The molecule has 0 saturated carbocycles. The van der Waals surface area contributed by atoms with E-state index in [9.17, 15) is 19.4 Å². The van der Waals surface area contributed by atoms with Crippen LogP contribution in [0.25, 0.3) is 11.3 Å². The number of halogens is 2. The predicted molar refractivity (Wildman–Crippen MR) is 155 cm³/mol. The summed E-state index contributed by atoms with van der Waals surface area (Å²) in [6, 6.07) is 5.76. The topological polar surface area (TPSA) is 145 Å². The Morgan fingerprint density at radius 2 is 1.95 bits per heavy atom. The predicted octanol–water partition coefficient (Wildman–Crippen LogP) is 3.87. The third-order valence-electron chi connectivity index (χ3n) is 7.80. The number of carbonyl (C=O) groups excluding carboxylic acids is 1. The lowest BCUT2D eigenvalue weighted by Gasteiger charge is -2.43. The van der Waals surface area contributed by atoms with Crippen molar-refractivity contribution < 1.29 is 38.1 Å². The van der Waals surface area contributed by atoms with Crippen molar-refractivity contribution in [3.63, 3.8) is 0 Å². The minimum atomic E-state index is -1.16. The van der Waals surface area contributed by atoms with Gasteiger partial charge in [0.25, 0.3) is 0 Å². The Balaban J connectivity index is 1.28. The van der Waals surface area contributed by atoms with E-state index >= 15 is 0 Å². The fraction of sp³-hybridized carbons (Fsp3) is 0.586. The number of aliphatic hydroxyl groups is 2. The van der Waals surface area contributed by atoms with E-state index < -0.39 is 48.5 Å². The number of carbonyl (C=O) groups is 1. The fourth-order valence-electron chi connectivity index (χ4n) is 5.64. The van der Waals surface area contributed by atoms with Gasteiger partial charge in [0.2, 0.25) is 0 Å². The lowest BCUT2D eigenvalue weighted by molar-refractivity contribution is -0.212. The molecule has 5 rings (SSSR count). The molecule has 43 heavy (non-hydrogen) atoms. The van der Waals surface area contributed by atoms with Crippen LogP contribution in [0.4, 0.5) is 9.18 Å². The molecule has 3 aromatic rings. The van der Waals surface area contributed by atoms with Crippen LogP contribution in [0.5, 0.6) is 0 Å². The summed E-state index contributed by atoms with van der Waals surface area (Å²) in [5.74, 6) is 0.387. The van der Waals surface area contributed by atoms with Gasteiger partial charge in [0.15, 0.2) is 0 Å². The molecule has 2 aromatic heterocycles. The van der Waals surface area contributed by atoms with Gasteiger partial charge in [0, 0.05) is 44.2 Å². The maximum absolute atomic E-state index is 14.1. The van der Waals surface area contributed by atoms with Crippen molar-refractivity contribution >= 4 is 22.0 Å². The van der Waals surface area contributed by atoms with E-state index in [1.54, 1.807) is 23.2 Å². The van der Waals surface area contributed by atoms with Gasteiger partial charge in [0.1, 0.15) is 47.2 Å². The zero-order chi connectivity index (χ0) is 30.9. The number of piperidine rings is 1. The van der Waals surface area contributed by atoms with Crippen molar-refractivity contribution in [3.05, 3.63) is 52.2 Å². The van der Waals surface area contributed by atoms with Crippen molar-refractivity contribution in [2.24, 2.45) is 0 Å². The fourth-order valence-corrected chi connectivity index (χ4v) is 5.88. The summed E-state index contributed by atoms with van der Waals surface area (Å²) in [6.07, 6.45) is -0.365. The maximum atomic E-state index is 14.1. The molecule has 2 aliphatic rings. The number of rotatable bonds is 7. The van der Waals surface area contributed by atoms with Crippen molar-refractivity contribution in [1.29, 1.82) is 0 Å². The van der Waals surface area contributed by atoms with Crippen molar-refractivity contribution in [2.75, 3.05) is 26.8 Å². The minimum Gasteiger partial charge on any atom is -0.444 e. The molecule has 12 nitrogen and oxygen atoms in total. The van der Waals surface area contributed by atoms with Crippen LogP contribution in [0.3, 0.4) is 0 Å². The van der Waals surface area contributed by atoms with Gasteiger partial charge >= 0.3 is 6.09 Å². The first kappa shape index (κ1) is 31.5. The van der Waals surface area contributed by atoms with Crippen LogP contribution in [0.2, 0.25) is 0 Å². The molecule has 5 atom stereocenters.